The molecule has 0 aromatic heterocycles. The zero-order chi connectivity index (χ0) is 15.2. The van der Waals surface area contributed by atoms with E-state index in [0.717, 1.165) is 10.7 Å². The third kappa shape index (κ3) is 4.39. The topological polar surface area (TPSA) is 52.4 Å². The Kier molecular flexibility index (Phi) is 5.05. The lowest BCUT2D eigenvalue weighted by Gasteiger charge is -2.10. The van der Waals surface area contributed by atoms with Crippen molar-refractivity contribution in [2.75, 3.05) is 0 Å². The molecule has 0 atom stereocenters. The Morgan fingerprint density at radius 2 is 2.05 bits per heavy atom. The van der Waals surface area contributed by atoms with Crippen LogP contribution in [0.3, 0.4) is 0 Å². The number of halogens is 2. The second kappa shape index (κ2) is 6.99. The molecule has 108 valence electrons. The maximum absolute atomic E-state index is 13.5. The van der Waals surface area contributed by atoms with Gasteiger partial charge in [0, 0.05) is 21.7 Å². The molecule has 0 saturated heterocycles. The van der Waals surface area contributed by atoms with Crippen LogP contribution >= 0.6 is 15.9 Å². The van der Waals surface area contributed by atoms with Crippen LogP contribution in [0.15, 0.2) is 53.1 Å². The summed E-state index contributed by atoms with van der Waals surface area (Å²) in [6, 6.07) is 11.4. The molecular formula is C15H11BrFNO3. The van der Waals surface area contributed by atoms with Gasteiger partial charge in [-0.2, -0.15) is 0 Å². The maximum Gasteiger partial charge on any atom is 0.235 e. The van der Waals surface area contributed by atoms with Crippen molar-refractivity contribution in [3.05, 3.63) is 80.2 Å². The van der Waals surface area contributed by atoms with Gasteiger partial charge in [-0.3, -0.25) is 10.1 Å². The van der Waals surface area contributed by atoms with Crippen LogP contribution in [0, 0.1) is 15.9 Å². The first-order chi connectivity index (χ1) is 10.1. The zero-order valence-electron chi connectivity index (χ0n) is 10.8. The van der Waals surface area contributed by atoms with Crippen LogP contribution in [0.4, 0.5) is 4.39 Å². The molecule has 0 fully saturated rings. The van der Waals surface area contributed by atoms with Gasteiger partial charge in [0.15, 0.2) is 0 Å². The molecule has 0 unspecified atom stereocenters. The van der Waals surface area contributed by atoms with E-state index in [1.54, 1.807) is 36.4 Å². The van der Waals surface area contributed by atoms with Crippen LogP contribution in [0.25, 0.3) is 6.08 Å². The van der Waals surface area contributed by atoms with E-state index >= 15 is 0 Å². The maximum atomic E-state index is 13.5. The SMILES string of the molecule is O=[N+]([O-])C=Cc1cc(Br)ccc1OCc1ccccc1F. The van der Waals surface area contributed by atoms with Crippen LogP contribution in [0.2, 0.25) is 0 Å². The molecule has 0 amide bonds. The van der Waals surface area contributed by atoms with Crippen LogP contribution < -0.4 is 4.74 Å². The van der Waals surface area contributed by atoms with E-state index in [9.17, 15) is 14.5 Å². The van der Waals surface area contributed by atoms with E-state index in [4.69, 9.17) is 4.74 Å². The Hall–Kier alpha value is -2.21. The molecule has 0 aliphatic rings. The van der Waals surface area contributed by atoms with Crippen LogP contribution in [-0.2, 0) is 6.61 Å². The molecule has 0 radical (unpaired) electrons. The van der Waals surface area contributed by atoms with Gasteiger partial charge in [-0.1, -0.05) is 34.1 Å². The highest BCUT2D eigenvalue weighted by Gasteiger charge is 2.06. The molecule has 0 N–H and O–H groups in total. The zero-order valence-corrected chi connectivity index (χ0v) is 12.4. The monoisotopic (exact) mass is 351 g/mol. The lowest BCUT2D eigenvalue weighted by molar-refractivity contribution is -0.400. The molecule has 0 aliphatic heterocycles. The van der Waals surface area contributed by atoms with E-state index < -0.39 is 4.92 Å². The Morgan fingerprint density at radius 1 is 1.29 bits per heavy atom. The fourth-order valence-electron chi connectivity index (χ4n) is 1.69. The molecule has 0 spiro atoms. The number of hydrogen-bond donors (Lipinski definition) is 0. The Bertz CT molecular complexity index is 688. The lowest BCUT2D eigenvalue weighted by atomic mass is 10.2. The Morgan fingerprint density at radius 3 is 2.76 bits per heavy atom. The second-order valence-electron chi connectivity index (χ2n) is 4.16. The average Bonchev–Trinajstić information content (AvgIpc) is 2.45. The normalized spacial score (nSPS) is 10.8. The number of rotatable bonds is 5. The van der Waals surface area contributed by atoms with Gasteiger partial charge in [-0.25, -0.2) is 4.39 Å². The lowest BCUT2D eigenvalue weighted by Crippen LogP contribution is -1.99. The number of nitro groups is 1. The second-order valence-corrected chi connectivity index (χ2v) is 5.08. The standard InChI is InChI=1S/C15H11BrFNO3/c16-13-5-6-15(11(9-13)7-8-18(19)20)21-10-12-3-1-2-4-14(12)17/h1-9H,10H2. The van der Waals surface area contributed by atoms with Crippen molar-refractivity contribution < 1.29 is 14.1 Å². The molecular weight excluding hydrogens is 341 g/mol. The summed E-state index contributed by atoms with van der Waals surface area (Å²) in [5, 5.41) is 10.4. The van der Waals surface area contributed by atoms with Gasteiger partial charge in [-0.15, -0.1) is 0 Å². The highest BCUT2D eigenvalue weighted by molar-refractivity contribution is 9.10. The molecule has 0 bridgehead atoms. The van der Waals surface area contributed by atoms with Crippen molar-refractivity contribution >= 4 is 22.0 Å². The summed E-state index contributed by atoms with van der Waals surface area (Å²) in [6.45, 7) is 0.0492. The third-order valence-electron chi connectivity index (χ3n) is 2.69. The minimum absolute atomic E-state index is 0.0492. The fourth-order valence-corrected chi connectivity index (χ4v) is 2.07. The molecule has 2 aromatic carbocycles. The Balaban J connectivity index is 2.20. The number of hydrogen-bond acceptors (Lipinski definition) is 3. The van der Waals surface area contributed by atoms with E-state index in [1.807, 2.05) is 0 Å². The van der Waals surface area contributed by atoms with Gasteiger partial charge in [-0.05, 0) is 24.3 Å². The molecule has 2 aromatic rings. The highest BCUT2D eigenvalue weighted by Crippen LogP contribution is 2.25. The van der Waals surface area contributed by atoms with Crippen molar-refractivity contribution in [2.24, 2.45) is 0 Å². The van der Waals surface area contributed by atoms with Crippen LogP contribution in [-0.4, -0.2) is 4.92 Å². The summed E-state index contributed by atoms with van der Waals surface area (Å²) in [5.74, 6) is 0.0940. The van der Waals surface area contributed by atoms with E-state index in [2.05, 4.69) is 15.9 Å². The summed E-state index contributed by atoms with van der Waals surface area (Å²) < 4.78 is 19.8. The van der Waals surface area contributed by atoms with Gasteiger partial charge in [0.2, 0.25) is 6.20 Å². The van der Waals surface area contributed by atoms with Gasteiger partial charge in [0.1, 0.15) is 18.2 Å². The molecule has 0 heterocycles. The van der Waals surface area contributed by atoms with E-state index in [1.165, 1.54) is 12.1 Å². The summed E-state index contributed by atoms with van der Waals surface area (Å²) in [4.78, 5) is 9.86. The number of ether oxygens (including phenoxy) is 1. The summed E-state index contributed by atoms with van der Waals surface area (Å²) in [7, 11) is 0. The van der Waals surface area contributed by atoms with Gasteiger partial charge in [0.05, 0.1) is 4.92 Å². The summed E-state index contributed by atoms with van der Waals surface area (Å²) >= 11 is 3.29. The van der Waals surface area contributed by atoms with Crippen molar-refractivity contribution in [1.82, 2.24) is 0 Å². The Labute approximate surface area is 129 Å². The minimum Gasteiger partial charge on any atom is -0.488 e. The summed E-state index contributed by atoms with van der Waals surface area (Å²) in [5.41, 5.74) is 0.960. The van der Waals surface area contributed by atoms with Crippen molar-refractivity contribution in [3.8, 4) is 5.75 Å². The number of benzene rings is 2. The summed E-state index contributed by atoms with van der Waals surface area (Å²) in [6.07, 6.45) is 2.17. The van der Waals surface area contributed by atoms with E-state index in [-0.39, 0.29) is 12.4 Å². The van der Waals surface area contributed by atoms with Gasteiger partial charge < -0.3 is 4.74 Å². The first-order valence-electron chi connectivity index (χ1n) is 6.04. The molecule has 21 heavy (non-hydrogen) atoms. The molecule has 2 rings (SSSR count). The largest absolute Gasteiger partial charge is 0.488 e. The van der Waals surface area contributed by atoms with Crippen molar-refractivity contribution in [2.45, 2.75) is 6.61 Å². The highest BCUT2D eigenvalue weighted by atomic mass is 79.9. The number of nitrogens with zero attached hydrogens (tertiary/aromatic N) is 1. The molecule has 0 saturated carbocycles. The van der Waals surface area contributed by atoms with E-state index in [0.29, 0.717) is 16.9 Å². The predicted octanol–water partition coefficient (Wildman–Crippen LogP) is 4.41. The van der Waals surface area contributed by atoms with Crippen LogP contribution in [0.1, 0.15) is 11.1 Å². The predicted molar refractivity (Wildman–Crippen MR) is 80.9 cm³/mol. The van der Waals surface area contributed by atoms with Crippen LogP contribution in [0.5, 0.6) is 5.75 Å². The third-order valence-corrected chi connectivity index (χ3v) is 3.18. The van der Waals surface area contributed by atoms with Gasteiger partial charge in [0.25, 0.3) is 0 Å². The molecule has 4 nitrogen and oxygen atoms in total. The quantitative estimate of drug-likeness (QED) is 0.592. The minimum atomic E-state index is -0.554. The van der Waals surface area contributed by atoms with Crippen molar-refractivity contribution in [1.29, 1.82) is 0 Å². The molecule has 6 heteroatoms. The van der Waals surface area contributed by atoms with Crippen molar-refractivity contribution in [3.63, 3.8) is 0 Å². The fraction of sp³-hybridized carbons (Fsp3) is 0.0667. The molecule has 0 aliphatic carbocycles. The van der Waals surface area contributed by atoms with Gasteiger partial charge >= 0.3 is 0 Å². The first kappa shape index (κ1) is 15.2. The average molecular weight is 352 g/mol. The smallest absolute Gasteiger partial charge is 0.235 e. The first-order valence-corrected chi connectivity index (χ1v) is 6.83.